The van der Waals surface area contributed by atoms with Crippen LogP contribution < -0.4 is 5.32 Å². The number of nitrogens with one attached hydrogen (secondary N) is 1. The van der Waals surface area contributed by atoms with Crippen molar-refractivity contribution in [2.75, 3.05) is 19.6 Å². The highest BCUT2D eigenvalue weighted by atomic mass is 16.3. The minimum absolute atomic E-state index is 0.337. The van der Waals surface area contributed by atoms with E-state index in [0.29, 0.717) is 17.8 Å². The molecule has 1 heterocycles. The average Bonchev–Trinajstić information content (AvgIpc) is 2.45. The molecule has 0 aromatic heterocycles. The molecule has 2 N–H and O–H groups in total. The third-order valence-corrected chi connectivity index (χ3v) is 4.38. The summed E-state index contributed by atoms with van der Waals surface area (Å²) in [5.74, 6) is 1.10. The Morgan fingerprint density at radius 3 is 2.75 bits per heavy atom. The molecule has 1 aromatic rings. The first kappa shape index (κ1) is 15.3. The van der Waals surface area contributed by atoms with E-state index in [-0.39, 0.29) is 0 Å². The highest BCUT2D eigenvalue weighted by molar-refractivity contribution is 5.29. The quantitative estimate of drug-likeness (QED) is 0.867. The van der Waals surface area contributed by atoms with E-state index in [1.165, 1.54) is 24.9 Å². The first-order valence-electron chi connectivity index (χ1n) is 7.83. The van der Waals surface area contributed by atoms with E-state index in [1.54, 1.807) is 6.07 Å². The largest absolute Gasteiger partial charge is 0.508 e. The lowest BCUT2D eigenvalue weighted by Crippen LogP contribution is -2.42. The van der Waals surface area contributed by atoms with Crippen molar-refractivity contribution in [3.63, 3.8) is 0 Å². The average molecular weight is 276 g/mol. The molecule has 3 heteroatoms. The van der Waals surface area contributed by atoms with Gasteiger partial charge in [-0.1, -0.05) is 12.1 Å². The van der Waals surface area contributed by atoms with Crippen LogP contribution in [0.2, 0.25) is 0 Å². The predicted octanol–water partition coefficient (Wildman–Crippen LogP) is 3.16. The van der Waals surface area contributed by atoms with E-state index in [2.05, 4.69) is 37.1 Å². The summed E-state index contributed by atoms with van der Waals surface area (Å²) in [6, 6.07) is 8.51. The Labute approximate surface area is 123 Å². The molecule has 1 aliphatic heterocycles. The molecule has 1 aliphatic rings. The Hall–Kier alpha value is -1.06. The molecule has 0 amide bonds. The summed E-state index contributed by atoms with van der Waals surface area (Å²) < 4.78 is 0. The van der Waals surface area contributed by atoms with Crippen molar-refractivity contribution in [3.8, 4) is 5.75 Å². The summed E-state index contributed by atoms with van der Waals surface area (Å²) >= 11 is 0. The normalized spacial score (nSPS) is 21.4. The van der Waals surface area contributed by atoms with Crippen molar-refractivity contribution in [1.29, 1.82) is 0 Å². The smallest absolute Gasteiger partial charge is 0.115 e. The van der Waals surface area contributed by atoms with Gasteiger partial charge >= 0.3 is 0 Å². The van der Waals surface area contributed by atoms with Crippen LogP contribution in [0.25, 0.3) is 0 Å². The highest BCUT2D eigenvalue weighted by Gasteiger charge is 2.23. The van der Waals surface area contributed by atoms with Crippen molar-refractivity contribution >= 4 is 0 Å². The van der Waals surface area contributed by atoms with Gasteiger partial charge in [-0.05, 0) is 70.3 Å². The van der Waals surface area contributed by atoms with Crippen LogP contribution in [-0.4, -0.2) is 35.7 Å². The molecule has 0 bridgehead atoms. The third-order valence-electron chi connectivity index (χ3n) is 4.38. The molecule has 2 unspecified atom stereocenters. The number of nitrogens with zero attached hydrogens (tertiary/aromatic N) is 1. The van der Waals surface area contributed by atoms with E-state index < -0.39 is 0 Å². The van der Waals surface area contributed by atoms with Gasteiger partial charge in [-0.3, -0.25) is 4.90 Å². The molecule has 3 nitrogen and oxygen atoms in total. The van der Waals surface area contributed by atoms with Crippen LogP contribution in [0, 0.1) is 5.92 Å². The van der Waals surface area contributed by atoms with Crippen molar-refractivity contribution in [3.05, 3.63) is 29.8 Å². The Balaban J connectivity index is 2.07. The van der Waals surface area contributed by atoms with Crippen LogP contribution in [0.3, 0.4) is 0 Å². The molecule has 1 aromatic carbocycles. The van der Waals surface area contributed by atoms with Crippen LogP contribution in [0.4, 0.5) is 0 Å². The summed E-state index contributed by atoms with van der Waals surface area (Å²) in [4.78, 5) is 2.55. The second-order valence-electron chi connectivity index (χ2n) is 6.27. The fourth-order valence-corrected chi connectivity index (χ4v) is 3.17. The molecule has 1 fully saturated rings. The number of hydrogen-bond acceptors (Lipinski definition) is 3. The van der Waals surface area contributed by atoms with E-state index in [4.69, 9.17) is 0 Å². The van der Waals surface area contributed by atoms with Gasteiger partial charge in [0.2, 0.25) is 0 Å². The predicted molar refractivity (Wildman–Crippen MR) is 84.0 cm³/mol. The number of benzene rings is 1. The van der Waals surface area contributed by atoms with Gasteiger partial charge in [0.15, 0.2) is 0 Å². The molecular formula is C17H28N2O. The van der Waals surface area contributed by atoms with Crippen molar-refractivity contribution in [2.24, 2.45) is 5.92 Å². The first-order chi connectivity index (χ1) is 9.58. The van der Waals surface area contributed by atoms with Gasteiger partial charge < -0.3 is 10.4 Å². The number of rotatable bonds is 5. The lowest BCUT2D eigenvalue weighted by Gasteiger charge is -2.37. The molecule has 0 saturated carbocycles. The molecule has 20 heavy (non-hydrogen) atoms. The third kappa shape index (κ3) is 3.97. The zero-order valence-corrected chi connectivity index (χ0v) is 13.0. The van der Waals surface area contributed by atoms with Crippen molar-refractivity contribution < 1.29 is 5.11 Å². The lowest BCUT2D eigenvalue weighted by atomic mass is 9.96. The lowest BCUT2D eigenvalue weighted by molar-refractivity contribution is 0.126. The Morgan fingerprint density at radius 2 is 2.15 bits per heavy atom. The Bertz CT molecular complexity index is 413. The highest BCUT2D eigenvalue weighted by Crippen LogP contribution is 2.27. The van der Waals surface area contributed by atoms with E-state index in [0.717, 1.165) is 19.0 Å². The Kier molecular flexibility index (Phi) is 5.44. The fraction of sp³-hybridized carbons (Fsp3) is 0.647. The van der Waals surface area contributed by atoms with E-state index in [1.807, 2.05) is 12.1 Å². The number of hydrogen-bond donors (Lipinski definition) is 2. The Morgan fingerprint density at radius 1 is 1.35 bits per heavy atom. The van der Waals surface area contributed by atoms with Gasteiger partial charge in [-0.25, -0.2) is 0 Å². The van der Waals surface area contributed by atoms with Crippen molar-refractivity contribution in [1.82, 2.24) is 10.2 Å². The van der Waals surface area contributed by atoms with Gasteiger partial charge in [0.1, 0.15) is 5.75 Å². The zero-order chi connectivity index (χ0) is 14.5. The summed E-state index contributed by atoms with van der Waals surface area (Å²) in [7, 11) is 0. The topological polar surface area (TPSA) is 35.5 Å². The van der Waals surface area contributed by atoms with Gasteiger partial charge in [0, 0.05) is 18.6 Å². The van der Waals surface area contributed by atoms with Gasteiger partial charge in [0.25, 0.3) is 0 Å². The summed E-state index contributed by atoms with van der Waals surface area (Å²) in [5.41, 5.74) is 1.20. The van der Waals surface area contributed by atoms with E-state index >= 15 is 0 Å². The zero-order valence-electron chi connectivity index (χ0n) is 13.0. The number of phenolic OH excluding ortho intramolecular Hbond substituents is 1. The van der Waals surface area contributed by atoms with Gasteiger partial charge in [-0.15, -0.1) is 0 Å². The minimum atomic E-state index is 0.337. The first-order valence-corrected chi connectivity index (χ1v) is 7.83. The molecule has 2 atom stereocenters. The number of phenols is 1. The van der Waals surface area contributed by atoms with Crippen molar-refractivity contribution in [2.45, 2.75) is 45.7 Å². The molecule has 1 saturated heterocycles. The van der Waals surface area contributed by atoms with Crippen LogP contribution in [0.1, 0.15) is 45.2 Å². The maximum atomic E-state index is 9.68. The molecular weight excluding hydrogens is 248 g/mol. The molecule has 0 radical (unpaired) electrons. The van der Waals surface area contributed by atoms with Crippen LogP contribution in [0.5, 0.6) is 5.75 Å². The number of piperidine rings is 1. The van der Waals surface area contributed by atoms with Crippen LogP contribution in [-0.2, 0) is 0 Å². The van der Waals surface area contributed by atoms with Crippen LogP contribution in [0.15, 0.2) is 24.3 Å². The number of aromatic hydroxyl groups is 1. The summed E-state index contributed by atoms with van der Waals surface area (Å²) in [5, 5.41) is 13.2. The molecule has 112 valence electrons. The maximum absolute atomic E-state index is 9.68. The summed E-state index contributed by atoms with van der Waals surface area (Å²) in [6.45, 7) is 10.2. The van der Waals surface area contributed by atoms with Gasteiger partial charge in [0.05, 0.1) is 0 Å². The fourth-order valence-electron chi connectivity index (χ4n) is 3.17. The molecule has 0 aliphatic carbocycles. The van der Waals surface area contributed by atoms with Crippen LogP contribution >= 0.6 is 0 Å². The minimum Gasteiger partial charge on any atom is -0.508 e. The standard InChI is InChI=1S/C17H28N2O/c1-13(2)19(12-15-6-5-9-18-11-15)14(3)16-7-4-8-17(20)10-16/h4,7-8,10,13-15,18,20H,5-6,9,11-12H2,1-3H3. The monoisotopic (exact) mass is 276 g/mol. The van der Waals surface area contributed by atoms with E-state index in [9.17, 15) is 5.11 Å². The molecule has 2 rings (SSSR count). The SMILES string of the molecule is CC(C)N(CC1CCCNC1)C(C)c1cccc(O)c1. The second-order valence-corrected chi connectivity index (χ2v) is 6.27. The second kappa shape index (κ2) is 7.09. The molecule has 0 spiro atoms. The maximum Gasteiger partial charge on any atom is 0.115 e. The van der Waals surface area contributed by atoms with Gasteiger partial charge in [-0.2, -0.15) is 0 Å². The summed E-state index contributed by atoms with van der Waals surface area (Å²) in [6.07, 6.45) is 2.61.